The summed E-state index contributed by atoms with van der Waals surface area (Å²) in [5.41, 5.74) is 3.23. The first kappa shape index (κ1) is 19.3. The highest BCUT2D eigenvalue weighted by Gasteiger charge is 2.19. The van der Waals surface area contributed by atoms with Crippen LogP contribution >= 0.6 is 11.8 Å². The van der Waals surface area contributed by atoms with E-state index in [0.717, 1.165) is 11.4 Å². The first-order valence-corrected chi connectivity index (χ1v) is 9.34. The molecule has 142 valence electrons. The molecule has 0 aliphatic heterocycles. The average Bonchev–Trinajstić information content (AvgIpc) is 2.89. The number of aromatic nitrogens is 3. The Kier molecular flexibility index (Phi) is 5.46. The summed E-state index contributed by atoms with van der Waals surface area (Å²) in [5.74, 6) is -2.60. The van der Waals surface area contributed by atoms with Crippen LogP contribution in [-0.2, 0) is 7.05 Å². The summed E-state index contributed by atoms with van der Waals surface area (Å²) in [5, 5.41) is 7.93. The molecule has 3 rings (SSSR count). The molecule has 0 aliphatic rings. The van der Waals surface area contributed by atoms with Crippen molar-refractivity contribution in [3.63, 3.8) is 0 Å². The molecule has 5 nitrogen and oxygen atoms in total. The van der Waals surface area contributed by atoms with Crippen molar-refractivity contribution in [1.82, 2.24) is 14.8 Å². The molecule has 0 bridgehead atoms. The number of fused-ring (bicyclic) bond motifs is 1. The average molecular weight is 390 g/mol. The van der Waals surface area contributed by atoms with Crippen LogP contribution in [0.5, 0.6) is 0 Å². The molecular formula is C19H20F2N4OS. The largest absolute Gasteiger partial charge is 0.322 e. The maximum atomic E-state index is 12.9. The molecule has 1 amide bonds. The Morgan fingerprint density at radius 1 is 1.22 bits per heavy atom. The van der Waals surface area contributed by atoms with Crippen LogP contribution in [0.1, 0.15) is 41.5 Å². The van der Waals surface area contributed by atoms with Crippen LogP contribution in [0.4, 0.5) is 14.5 Å². The Morgan fingerprint density at radius 2 is 1.89 bits per heavy atom. The first-order valence-electron chi connectivity index (χ1n) is 8.46. The third-order valence-electron chi connectivity index (χ3n) is 4.16. The molecule has 0 unspecified atom stereocenters. The predicted octanol–water partition coefficient (Wildman–Crippen LogP) is 4.97. The first-order chi connectivity index (χ1) is 12.8. The minimum absolute atomic E-state index is 0.154. The van der Waals surface area contributed by atoms with Crippen molar-refractivity contribution in [2.75, 3.05) is 5.32 Å². The highest BCUT2D eigenvalue weighted by molar-refractivity contribution is 7.99. The third kappa shape index (κ3) is 4.10. The maximum Gasteiger partial charge on any atom is 0.288 e. The van der Waals surface area contributed by atoms with Crippen LogP contribution in [0.2, 0.25) is 0 Å². The van der Waals surface area contributed by atoms with Crippen molar-refractivity contribution < 1.29 is 13.6 Å². The molecule has 8 heteroatoms. The van der Waals surface area contributed by atoms with Gasteiger partial charge in [-0.25, -0.2) is 4.98 Å². The summed E-state index contributed by atoms with van der Waals surface area (Å²) in [6.07, 6.45) is 0. The molecule has 0 fully saturated rings. The number of hydrogen-bond donors (Lipinski definition) is 1. The van der Waals surface area contributed by atoms with Gasteiger partial charge in [-0.2, -0.15) is 13.9 Å². The molecule has 0 spiro atoms. The summed E-state index contributed by atoms with van der Waals surface area (Å²) in [6.45, 7) is 5.86. The van der Waals surface area contributed by atoms with Gasteiger partial charge in [0, 0.05) is 23.3 Å². The molecule has 0 radical (unpaired) electrons. The van der Waals surface area contributed by atoms with Crippen molar-refractivity contribution >= 4 is 34.4 Å². The van der Waals surface area contributed by atoms with Gasteiger partial charge in [-0.3, -0.25) is 9.48 Å². The zero-order chi connectivity index (χ0) is 19.7. The lowest BCUT2D eigenvalue weighted by Gasteiger charge is -2.11. The zero-order valence-corrected chi connectivity index (χ0v) is 16.3. The second kappa shape index (κ2) is 7.64. The fourth-order valence-electron chi connectivity index (χ4n) is 2.86. The van der Waals surface area contributed by atoms with Crippen molar-refractivity contribution in [1.29, 1.82) is 0 Å². The fourth-order valence-corrected chi connectivity index (χ4v) is 3.36. The third-order valence-corrected chi connectivity index (χ3v) is 4.88. The zero-order valence-electron chi connectivity index (χ0n) is 15.5. The molecule has 2 heterocycles. The minimum Gasteiger partial charge on any atom is -0.322 e. The Labute approximate surface area is 160 Å². The number of alkyl halides is 2. The SMILES string of the molecule is Cc1nn(C)c2nc(C(C)C)cc(C(=O)Nc3ccc(SC(F)F)cc3)c12. The van der Waals surface area contributed by atoms with Crippen molar-refractivity contribution in [2.45, 2.75) is 37.3 Å². The fraction of sp³-hybridized carbons (Fsp3) is 0.316. The summed E-state index contributed by atoms with van der Waals surface area (Å²) >= 11 is 0.469. The van der Waals surface area contributed by atoms with E-state index in [4.69, 9.17) is 0 Å². The number of carbonyl (C=O) groups is 1. The minimum atomic E-state index is -2.47. The van der Waals surface area contributed by atoms with Gasteiger partial charge < -0.3 is 5.32 Å². The lowest BCUT2D eigenvalue weighted by Crippen LogP contribution is -2.14. The van der Waals surface area contributed by atoms with E-state index in [9.17, 15) is 13.6 Å². The normalized spacial score (nSPS) is 11.6. The summed E-state index contributed by atoms with van der Waals surface area (Å²) in [7, 11) is 1.80. The predicted molar refractivity (Wildman–Crippen MR) is 104 cm³/mol. The van der Waals surface area contributed by atoms with Gasteiger partial charge in [0.05, 0.1) is 16.6 Å². The lowest BCUT2D eigenvalue weighted by atomic mass is 10.0. The smallest absolute Gasteiger partial charge is 0.288 e. The van der Waals surface area contributed by atoms with Gasteiger partial charge in [0.25, 0.3) is 11.7 Å². The monoisotopic (exact) mass is 390 g/mol. The summed E-state index contributed by atoms with van der Waals surface area (Å²) in [6, 6.07) is 8.13. The quantitative estimate of drug-likeness (QED) is 0.625. The Hall–Kier alpha value is -2.48. The van der Waals surface area contributed by atoms with E-state index in [1.54, 1.807) is 42.1 Å². The molecule has 0 saturated carbocycles. The van der Waals surface area contributed by atoms with Crippen LogP contribution in [0, 0.1) is 6.92 Å². The van der Waals surface area contributed by atoms with Gasteiger partial charge in [-0.15, -0.1) is 0 Å². The van der Waals surface area contributed by atoms with E-state index in [-0.39, 0.29) is 11.8 Å². The van der Waals surface area contributed by atoms with E-state index in [2.05, 4.69) is 15.4 Å². The van der Waals surface area contributed by atoms with Gasteiger partial charge in [0.1, 0.15) is 0 Å². The number of benzene rings is 1. The van der Waals surface area contributed by atoms with Gasteiger partial charge in [0.2, 0.25) is 0 Å². The number of nitrogens with one attached hydrogen (secondary N) is 1. The number of aryl methyl sites for hydroxylation is 2. The van der Waals surface area contributed by atoms with Crippen LogP contribution < -0.4 is 5.32 Å². The molecule has 0 aliphatic carbocycles. The molecule has 1 N–H and O–H groups in total. The Bertz CT molecular complexity index is 984. The van der Waals surface area contributed by atoms with Crippen LogP contribution in [-0.4, -0.2) is 26.4 Å². The number of thioether (sulfide) groups is 1. The number of nitrogens with zero attached hydrogens (tertiary/aromatic N) is 3. The summed E-state index contributed by atoms with van der Waals surface area (Å²) in [4.78, 5) is 18.0. The van der Waals surface area contributed by atoms with Crippen LogP contribution in [0.3, 0.4) is 0 Å². The lowest BCUT2D eigenvalue weighted by molar-refractivity contribution is 0.102. The number of anilines is 1. The van der Waals surface area contributed by atoms with E-state index in [1.165, 1.54) is 0 Å². The van der Waals surface area contributed by atoms with E-state index < -0.39 is 5.76 Å². The van der Waals surface area contributed by atoms with E-state index >= 15 is 0 Å². The maximum absolute atomic E-state index is 12.9. The van der Waals surface area contributed by atoms with Crippen molar-refractivity contribution in [2.24, 2.45) is 7.05 Å². The van der Waals surface area contributed by atoms with Gasteiger partial charge in [-0.1, -0.05) is 25.6 Å². The topological polar surface area (TPSA) is 59.8 Å². The highest BCUT2D eigenvalue weighted by atomic mass is 32.2. The number of hydrogen-bond acceptors (Lipinski definition) is 4. The number of halogens is 2. The standard InChI is InChI=1S/C19H20F2N4OS/c1-10(2)15-9-14(16-11(3)24-25(4)17(16)23-15)18(26)22-12-5-7-13(8-6-12)27-19(20)21/h5-10,19H,1-4H3,(H,22,26). The second-order valence-electron chi connectivity index (χ2n) is 6.51. The molecule has 27 heavy (non-hydrogen) atoms. The summed E-state index contributed by atoms with van der Waals surface area (Å²) < 4.78 is 26.5. The number of amides is 1. The highest BCUT2D eigenvalue weighted by Crippen LogP contribution is 2.28. The van der Waals surface area contributed by atoms with Gasteiger partial charge >= 0.3 is 0 Å². The molecule has 0 atom stereocenters. The Balaban J connectivity index is 1.95. The van der Waals surface area contributed by atoms with Crippen LogP contribution in [0.25, 0.3) is 11.0 Å². The molecule has 1 aromatic carbocycles. The van der Waals surface area contributed by atoms with Crippen molar-refractivity contribution in [3.8, 4) is 0 Å². The van der Waals surface area contributed by atoms with E-state index in [0.29, 0.717) is 38.9 Å². The van der Waals surface area contributed by atoms with Gasteiger partial charge in [-0.05, 0) is 43.2 Å². The number of pyridine rings is 1. The van der Waals surface area contributed by atoms with Gasteiger partial charge in [0.15, 0.2) is 5.65 Å². The van der Waals surface area contributed by atoms with E-state index in [1.807, 2.05) is 20.8 Å². The van der Waals surface area contributed by atoms with Crippen molar-refractivity contribution in [3.05, 3.63) is 47.3 Å². The van der Waals surface area contributed by atoms with Crippen LogP contribution in [0.15, 0.2) is 35.2 Å². The Morgan fingerprint density at radius 3 is 2.48 bits per heavy atom. The molecule has 3 aromatic rings. The molecule has 0 saturated heterocycles. The molecular weight excluding hydrogens is 370 g/mol. The number of rotatable bonds is 5. The number of carbonyl (C=O) groups excluding carboxylic acids is 1. The molecule has 2 aromatic heterocycles. The second-order valence-corrected chi connectivity index (χ2v) is 7.58.